The first-order valence-electron chi connectivity index (χ1n) is 12.3. The molecule has 1 aliphatic carbocycles. The lowest BCUT2D eigenvalue weighted by atomic mass is 9.85. The van der Waals surface area contributed by atoms with Gasteiger partial charge >= 0.3 is 0 Å². The zero-order valence-corrected chi connectivity index (χ0v) is 23.7. The maximum Gasteiger partial charge on any atom is 0.298 e. The van der Waals surface area contributed by atoms with Crippen LogP contribution in [0.15, 0.2) is 45.6 Å². The molecule has 3 heterocycles. The number of nitrogens with zero attached hydrogens (tertiary/aromatic N) is 3. The first kappa shape index (κ1) is 29.6. The van der Waals surface area contributed by atoms with E-state index in [-0.39, 0.29) is 17.9 Å². The Morgan fingerprint density at radius 1 is 1.36 bits per heavy atom. The average molecular weight is 557 g/mol. The van der Waals surface area contributed by atoms with Gasteiger partial charge in [0, 0.05) is 18.5 Å². The summed E-state index contributed by atoms with van der Waals surface area (Å²) in [6.45, 7) is 13.0. The number of hydrogen-bond acceptors (Lipinski definition) is 5. The molecule has 2 aromatic rings. The summed E-state index contributed by atoms with van der Waals surface area (Å²) in [4.78, 5) is 28.8. The van der Waals surface area contributed by atoms with Crippen molar-refractivity contribution in [2.75, 3.05) is 33.7 Å². The molecule has 0 radical (unpaired) electrons. The highest BCUT2D eigenvalue weighted by atomic mass is 79.9. The molecule has 0 aromatic carbocycles. The summed E-state index contributed by atoms with van der Waals surface area (Å²) in [5, 5.41) is 0. The minimum absolute atomic E-state index is 0.0373. The van der Waals surface area contributed by atoms with E-state index in [1.807, 2.05) is 0 Å². The van der Waals surface area contributed by atoms with Crippen molar-refractivity contribution in [1.29, 1.82) is 0 Å². The van der Waals surface area contributed by atoms with E-state index in [9.17, 15) is 9.59 Å². The molecule has 0 spiro atoms. The van der Waals surface area contributed by atoms with Gasteiger partial charge in [0.05, 0.1) is 16.6 Å². The zero-order valence-electron chi connectivity index (χ0n) is 22.1. The summed E-state index contributed by atoms with van der Waals surface area (Å²) < 4.78 is 7.72. The van der Waals surface area contributed by atoms with Crippen molar-refractivity contribution in [3.63, 3.8) is 0 Å². The van der Waals surface area contributed by atoms with Crippen molar-refractivity contribution >= 4 is 34.2 Å². The SMILES string of the molecule is C#CC.C=Cc1c2c(c(Br)n1C(=O)c1ccco1)CC1C(=CC[C@@H](C=O)CN1C)C2.CCN(C)CC. The molecule has 7 heteroatoms. The number of furan rings is 1. The molecular formula is C29H38BrN3O3. The van der Waals surface area contributed by atoms with Gasteiger partial charge in [-0.15, -0.1) is 12.3 Å². The van der Waals surface area contributed by atoms with E-state index < -0.39 is 0 Å². The predicted molar refractivity (Wildman–Crippen MR) is 150 cm³/mol. The fourth-order valence-electron chi connectivity index (χ4n) is 4.47. The van der Waals surface area contributed by atoms with Crippen LogP contribution in [0.2, 0.25) is 0 Å². The third-order valence-corrected chi connectivity index (χ3v) is 7.54. The van der Waals surface area contributed by atoms with Crippen LogP contribution in [0.25, 0.3) is 6.08 Å². The average Bonchev–Trinajstić information content (AvgIpc) is 3.48. The molecule has 194 valence electrons. The highest BCUT2D eigenvalue weighted by Crippen LogP contribution is 2.39. The van der Waals surface area contributed by atoms with Crippen LogP contribution in [0.4, 0.5) is 0 Å². The Kier molecular flexibility index (Phi) is 11.6. The van der Waals surface area contributed by atoms with Gasteiger partial charge in [-0.05, 0) is 98.6 Å². The number of carbonyl (C=O) groups excluding carboxylic acids is 2. The highest BCUT2D eigenvalue weighted by molar-refractivity contribution is 9.10. The number of allylic oxidation sites excluding steroid dienone is 1. The number of rotatable bonds is 5. The topological polar surface area (TPSA) is 58.7 Å². The van der Waals surface area contributed by atoms with E-state index in [0.717, 1.165) is 66.6 Å². The van der Waals surface area contributed by atoms with Gasteiger partial charge in [-0.2, -0.15) is 0 Å². The summed E-state index contributed by atoms with van der Waals surface area (Å²) in [5.41, 5.74) is 4.37. The molecule has 0 amide bonds. The van der Waals surface area contributed by atoms with Gasteiger partial charge in [0.1, 0.15) is 6.29 Å². The van der Waals surface area contributed by atoms with Crippen molar-refractivity contribution in [3.8, 4) is 12.3 Å². The van der Waals surface area contributed by atoms with Crippen LogP contribution < -0.4 is 0 Å². The molecule has 0 saturated heterocycles. The summed E-state index contributed by atoms with van der Waals surface area (Å²) in [5.74, 6) is 2.38. The Bertz CT molecular complexity index is 1100. The molecule has 36 heavy (non-hydrogen) atoms. The number of aromatic nitrogens is 1. The molecule has 0 N–H and O–H groups in total. The van der Waals surface area contributed by atoms with Gasteiger partial charge < -0.3 is 14.1 Å². The van der Waals surface area contributed by atoms with Crippen molar-refractivity contribution in [1.82, 2.24) is 14.4 Å². The van der Waals surface area contributed by atoms with Crippen molar-refractivity contribution in [2.24, 2.45) is 5.92 Å². The van der Waals surface area contributed by atoms with E-state index >= 15 is 0 Å². The van der Waals surface area contributed by atoms with Crippen molar-refractivity contribution in [2.45, 2.75) is 46.1 Å². The van der Waals surface area contributed by atoms with Crippen LogP contribution in [0.5, 0.6) is 0 Å². The molecule has 4 rings (SSSR count). The van der Waals surface area contributed by atoms with Gasteiger partial charge in [-0.3, -0.25) is 14.3 Å². The lowest BCUT2D eigenvalue weighted by Gasteiger charge is -2.33. The third-order valence-electron chi connectivity index (χ3n) is 6.70. The van der Waals surface area contributed by atoms with Crippen molar-refractivity contribution in [3.05, 3.63) is 63.8 Å². The van der Waals surface area contributed by atoms with E-state index in [0.29, 0.717) is 5.76 Å². The standard InChI is InChI=1S/C21H21BrN2O3.C5H13N.C3H4/c1-3-17-15-9-14-7-6-13(12-25)11-23(2)18(14)10-16(15)20(22)24(17)21(26)19-5-4-8-27-19;1-4-6(3)5-2;1-3-2/h3-5,7-8,12-13,18H,1,6,9-11H2,2H3;4-5H2,1-3H3;1H,2H3/t13-,18?;;/m1../s1. The molecule has 2 aliphatic rings. The molecule has 1 aliphatic heterocycles. The Balaban J connectivity index is 0.000000439. The first-order valence-corrected chi connectivity index (χ1v) is 13.1. The second-order valence-corrected chi connectivity index (χ2v) is 9.73. The minimum atomic E-state index is -0.209. The van der Waals surface area contributed by atoms with Crippen LogP contribution in [0.1, 0.15) is 54.6 Å². The summed E-state index contributed by atoms with van der Waals surface area (Å²) in [6, 6.07) is 3.62. The molecule has 0 fully saturated rings. The van der Waals surface area contributed by atoms with Crippen LogP contribution in [0.3, 0.4) is 0 Å². The number of carbonyl (C=O) groups is 2. The Labute approximate surface area is 224 Å². The summed E-state index contributed by atoms with van der Waals surface area (Å²) >= 11 is 3.65. The quantitative estimate of drug-likeness (QED) is 0.284. The predicted octanol–water partition coefficient (Wildman–Crippen LogP) is 5.32. The Hall–Kier alpha value is -2.66. The zero-order chi connectivity index (χ0) is 26.8. The molecular weight excluding hydrogens is 518 g/mol. The fourth-order valence-corrected chi connectivity index (χ4v) is 5.23. The number of hydrogen-bond donors (Lipinski definition) is 0. The lowest BCUT2D eigenvalue weighted by Crippen LogP contribution is -2.39. The molecule has 2 atom stereocenters. The largest absolute Gasteiger partial charge is 0.459 e. The second-order valence-electron chi connectivity index (χ2n) is 8.98. The number of likely N-dealkylation sites (N-methyl/N-ethyl adjacent to an activating group) is 1. The number of halogens is 1. The molecule has 0 bridgehead atoms. The van der Waals surface area contributed by atoms with E-state index in [4.69, 9.17) is 4.42 Å². The maximum absolute atomic E-state index is 13.0. The fraction of sp³-hybridized carbons (Fsp3) is 0.448. The van der Waals surface area contributed by atoms with Gasteiger partial charge in [0.15, 0.2) is 5.76 Å². The van der Waals surface area contributed by atoms with Gasteiger partial charge in [-0.1, -0.05) is 32.1 Å². The lowest BCUT2D eigenvalue weighted by molar-refractivity contribution is -0.111. The monoisotopic (exact) mass is 555 g/mol. The Morgan fingerprint density at radius 3 is 2.53 bits per heavy atom. The van der Waals surface area contributed by atoms with Crippen LogP contribution in [-0.4, -0.2) is 66.3 Å². The first-order chi connectivity index (χ1) is 17.3. The van der Waals surface area contributed by atoms with Crippen LogP contribution >= 0.6 is 15.9 Å². The molecule has 1 unspecified atom stereocenters. The van der Waals surface area contributed by atoms with Crippen LogP contribution in [-0.2, 0) is 17.6 Å². The van der Waals surface area contributed by atoms with E-state index in [1.165, 1.54) is 11.8 Å². The minimum Gasteiger partial charge on any atom is -0.459 e. The maximum atomic E-state index is 13.0. The van der Waals surface area contributed by atoms with Crippen molar-refractivity contribution < 1.29 is 14.0 Å². The number of terminal acetylenes is 1. The second kappa shape index (κ2) is 14.2. The molecule has 6 nitrogen and oxygen atoms in total. The van der Waals surface area contributed by atoms with Gasteiger partial charge in [0.2, 0.25) is 0 Å². The highest BCUT2D eigenvalue weighted by Gasteiger charge is 2.35. The normalized spacial score (nSPS) is 18.7. The molecule has 0 saturated carbocycles. The van der Waals surface area contributed by atoms with Gasteiger partial charge in [0.25, 0.3) is 5.91 Å². The number of fused-ring (bicyclic) bond motifs is 2. The number of aldehydes is 1. The van der Waals surface area contributed by atoms with E-state index in [1.54, 1.807) is 29.7 Å². The third kappa shape index (κ3) is 6.76. The summed E-state index contributed by atoms with van der Waals surface area (Å²) in [6.07, 6.45) is 13.4. The van der Waals surface area contributed by atoms with E-state index in [2.05, 4.69) is 78.7 Å². The van der Waals surface area contributed by atoms with Gasteiger partial charge in [-0.25, -0.2) is 0 Å². The van der Waals surface area contributed by atoms with Crippen LogP contribution in [0, 0.1) is 18.3 Å². The molecule has 2 aromatic heterocycles. The summed E-state index contributed by atoms with van der Waals surface area (Å²) in [7, 11) is 4.18. The smallest absolute Gasteiger partial charge is 0.298 e. The Morgan fingerprint density at radius 2 is 2.03 bits per heavy atom.